The van der Waals surface area contributed by atoms with Gasteiger partial charge in [-0.15, -0.1) is 0 Å². The van der Waals surface area contributed by atoms with Crippen LogP contribution in [0.25, 0.3) is 0 Å². The van der Waals surface area contributed by atoms with Crippen LogP contribution in [0.15, 0.2) is 59.9 Å². The van der Waals surface area contributed by atoms with Crippen LogP contribution in [0.4, 0.5) is 0 Å². The first kappa shape index (κ1) is 21.4. The molecule has 1 aliphatic rings. The van der Waals surface area contributed by atoms with Crippen molar-refractivity contribution in [3.05, 3.63) is 65.6 Å². The van der Waals surface area contributed by atoms with Gasteiger partial charge in [0, 0.05) is 18.7 Å². The molecule has 0 bridgehead atoms. The van der Waals surface area contributed by atoms with Crippen molar-refractivity contribution in [1.82, 2.24) is 14.7 Å². The fraction of sp³-hybridized carbons (Fsp3) is 0.542. The number of aromatic nitrogens is 2. The lowest BCUT2D eigenvalue weighted by atomic mass is 9.97. The monoisotopic (exact) mass is 367 g/mol. The molecular formula is C24H37N3. The predicted molar refractivity (Wildman–Crippen MR) is 117 cm³/mol. The van der Waals surface area contributed by atoms with E-state index >= 15 is 0 Å². The van der Waals surface area contributed by atoms with Crippen molar-refractivity contribution in [2.24, 2.45) is 0 Å². The molecule has 1 aromatic rings. The fourth-order valence-corrected chi connectivity index (χ4v) is 3.82. The predicted octanol–water partition coefficient (Wildman–Crippen LogP) is 5.89. The lowest BCUT2D eigenvalue weighted by Gasteiger charge is -2.20. The van der Waals surface area contributed by atoms with Gasteiger partial charge >= 0.3 is 0 Å². The number of likely N-dealkylation sites (tertiary alicyclic amines) is 1. The van der Waals surface area contributed by atoms with Gasteiger partial charge in [0.2, 0.25) is 0 Å². The van der Waals surface area contributed by atoms with Gasteiger partial charge in [-0.25, -0.2) is 0 Å². The molecule has 3 heteroatoms. The topological polar surface area (TPSA) is 21.1 Å². The molecule has 0 aromatic carbocycles. The van der Waals surface area contributed by atoms with E-state index in [9.17, 15) is 0 Å². The Morgan fingerprint density at radius 1 is 1.04 bits per heavy atom. The summed E-state index contributed by atoms with van der Waals surface area (Å²) in [5.41, 5.74) is 4.02. The molecule has 0 aliphatic carbocycles. The minimum absolute atomic E-state index is 0.601. The summed E-state index contributed by atoms with van der Waals surface area (Å²) in [6.07, 6.45) is 20.1. The average Bonchev–Trinajstić information content (AvgIpc) is 3.01. The quantitative estimate of drug-likeness (QED) is 0.534. The van der Waals surface area contributed by atoms with Crippen molar-refractivity contribution in [3.8, 4) is 0 Å². The Balaban J connectivity index is 1.89. The van der Waals surface area contributed by atoms with Gasteiger partial charge in [0.1, 0.15) is 0 Å². The van der Waals surface area contributed by atoms with Crippen LogP contribution >= 0.6 is 0 Å². The third-order valence-corrected chi connectivity index (χ3v) is 5.46. The molecule has 0 radical (unpaired) electrons. The van der Waals surface area contributed by atoms with Crippen molar-refractivity contribution in [2.75, 3.05) is 19.6 Å². The van der Waals surface area contributed by atoms with Gasteiger partial charge < -0.3 is 4.90 Å². The number of nitrogens with zero attached hydrogens (tertiary/aromatic N) is 3. The smallest absolute Gasteiger partial charge is 0.0656 e. The van der Waals surface area contributed by atoms with Gasteiger partial charge in [-0.2, -0.15) is 5.10 Å². The first-order chi connectivity index (χ1) is 13.2. The van der Waals surface area contributed by atoms with Crippen LogP contribution in [-0.2, 0) is 6.54 Å². The summed E-state index contributed by atoms with van der Waals surface area (Å²) in [4.78, 5) is 2.63. The first-order valence-electron chi connectivity index (χ1n) is 10.5. The van der Waals surface area contributed by atoms with E-state index in [2.05, 4.69) is 86.0 Å². The Kier molecular flexibility index (Phi) is 9.34. The average molecular weight is 368 g/mol. The molecule has 1 aliphatic heterocycles. The Labute approximate surface area is 166 Å². The molecule has 27 heavy (non-hydrogen) atoms. The maximum Gasteiger partial charge on any atom is 0.0656 e. The Hall–Kier alpha value is -1.87. The van der Waals surface area contributed by atoms with Crippen molar-refractivity contribution in [1.29, 1.82) is 0 Å². The normalized spacial score (nSPS) is 20.7. The molecule has 2 rings (SSSR count). The highest BCUT2D eigenvalue weighted by Gasteiger charge is 2.20. The minimum Gasteiger partial charge on any atom is -0.303 e. The highest BCUT2D eigenvalue weighted by molar-refractivity contribution is 5.18. The van der Waals surface area contributed by atoms with Crippen LogP contribution in [0.2, 0.25) is 0 Å². The van der Waals surface area contributed by atoms with E-state index in [1.54, 1.807) is 0 Å². The highest BCUT2D eigenvalue weighted by atomic mass is 15.3. The van der Waals surface area contributed by atoms with Crippen molar-refractivity contribution >= 4 is 0 Å². The molecule has 1 atom stereocenters. The third-order valence-electron chi connectivity index (χ3n) is 5.46. The third kappa shape index (κ3) is 6.99. The maximum absolute atomic E-state index is 4.89. The molecule has 3 nitrogen and oxygen atoms in total. The summed E-state index contributed by atoms with van der Waals surface area (Å²) in [5.74, 6) is 0.601. The second-order valence-corrected chi connectivity index (χ2v) is 7.38. The van der Waals surface area contributed by atoms with Crippen molar-refractivity contribution < 1.29 is 0 Å². The summed E-state index contributed by atoms with van der Waals surface area (Å²) in [7, 11) is 0. The van der Waals surface area contributed by atoms with Gasteiger partial charge in [0.25, 0.3) is 0 Å². The van der Waals surface area contributed by atoms with Crippen LogP contribution in [0.5, 0.6) is 0 Å². The zero-order valence-corrected chi connectivity index (χ0v) is 17.7. The van der Waals surface area contributed by atoms with Crippen LogP contribution in [-0.4, -0.2) is 34.3 Å². The van der Waals surface area contributed by atoms with E-state index in [-0.39, 0.29) is 0 Å². The molecule has 0 spiro atoms. The molecule has 148 valence electrons. The molecule has 0 saturated carbocycles. The van der Waals surface area contributed by atoms with E-state index in [1.165, 1.54) is 55.7 Å². The van der Waals surface area contributed by atoms with Gasteiger partial charge in [0.05, 0.1) is 12.2 Å². The van der Waals surface area contributed by atoms with Crippen molar-refractivity contribution in [3.63, 3.8) is 0 Å². The Bertz CT molecular complexity index is 676. The maximum atomic E-state index is 4.89. The largest absolute Gasteiger partial charge is 0.303 e. The Morgan fingerprint density at radius 3 is 2.48 bits per heavy atom. The van der Waals surface area contributed by atoms with E-state index in [0.29, 0.717) is 5.92 Å². The molecule has 1 unspecified atom stereocenters. The van der Waals surface area contributed by atoms with Crippen molar-refractivity contribution in [2.45, 2.75) is 65.8 Å². The van der Waals surface area contributed by atoms with E-state index in [1.807, 2.05) is 0 Å². The SMILES string of the molecule is C/C=C\C(=C/C)CCN1CCCC(c2ccn(CC(/C=C\C)=C/C)n2)CC1. The van der Waals surface area contributed by atoms with Crippen LogP contribution < -0.4 is 0 Å². The van der Waals surface area contributed by atoms with Gasteiger partial charge in [-0.3, -0.25) is 4.68 Å². The molecular weight excluding hydrogens is 330 g/mol. The zero-order valence-electron chi connectivity index (χ0n) is 17.7. The van der Waals surface area contributed by atoms with E-state index in [0.717, 1.165) is 13.0 Å². The number of allylic oxidation sites excluding steroid dienone is 7. The second-order valence-electron chi connectivity index (χ2n) is 7.38. The van der Waals surface area contributed by atoms with E-state index in [4.69, 9.17) is 5.10 Å². The van der Waals surface area contributed by atoms with Gasteiger partial charge in [-0.1, -0.05) is 42.0 Å². The molecule has 0 N–H and O–H groups in total. The number of hydrogen-bond acceptors (Lipinski definition) is 2. The minimum atomic E-state index is 0.601. The molecule has 1 aromatic heterocycles. The summed E-state index contributed by atoms with van der Waals surface area (Å²) >= 11 is 0. The zero-order chi connectivity index (χ0) is 19.5. The summed E-state index contributed by atoms with van der Waals surface area (Å²) in [6, 6.07) is 2.23. The molecule has 2 heterocycles. The lowest BCUT2D eigenvalue weighted by Crippen LogP contribution is -2.26. The summed E-state index contributed by atoms with van der Waals surface area (Å²) in [6.45, 7) is 12.8. The molecule has 0 amide bonds. The van der Waals surface area contributed by atoms with Gasteiger partial charge in [0.15, 0.2) is 0 Å². The van der Waals surface area contributed by atoms with E-state index < -0.39 is 0 Å². The Morgan fingerprint density at radius 2 is 1.78 bits per heavy atom. The lowest BCUT2D eigenvalue weighted by molar-refractivity contribution is 0.288. The first-order valence-corrected chi connectivity index (χ1v) is 10.5. The summed E-state index contributed by atoms with van der Waals surface area (Å²) in [5, 5.41) is 4.89. The molecule has 1 saturated heterocycles. The molecule has 1 fully saturated rings. The van der Waals surface area contributed by atoms with Crippen LogP contribution in [0.3, 0.4) is 0 Å². The second kappa shape index (κ2) is 11.8. The standard InChI is InChI=1S/C24H37N3/c1-5-10-21(7-3)13-17-26-16-9-12-23(14-18-26)24-15-19-27(25-24)20-22(8-4)11-6-2/h5-8,10-11,15,19,23H,9,12-14,16-18,20H2,1-4H3/b10-5-,11-6-,21-7+,22-8+. The number of hydrogen-bond donors (Lipinski definition) is 0. The fourth-order valence-electron chi connectivity index (χ4n) is 3.82. The van der Waals surface area contributed by atoms with Crippen LogP contribution in [0.1, 0.15) is 65.0 Å². The number of rotatable bonds is 8. The summed E-state index contributed by atoms with van der Waals surface area (Å²) < 4.78 is 2.09. The van der Waals surface area contributed by atoms with Gasteiger partial charge in [-0.05, 0) is 78.1 Å². The van der Waals surface area contributed by atoms with Crippen LogP contribution in [0, 0.1) is 0 Å². The highest BCUT2D eigenvalue weighted by Crippen LogP contribution is 2.27.